The quantitative estimate of drug-likeness (QED) is 0.782. The molecule has 140 valence electrons. The number of rotatable bonds is 3. The molecule has 0 radical (unpaired) electrons. The van der Waals surface area contributed by atoms with Crippen molar-refractivity contribution in [2.24, 2.45) is 11.7 Å². The van der Waals surface area contributed by atoms with Gasteiger partial charge in [0.25, 0.3) is 0 Å². The van der Waals surface area contributed by atoms with Crippen LogP contribution in [0.5, 0.6) is 0 Å². The SMILES string of the molecule is NC(=O)c1ccc(C#Cc2ccccc2F)cc1CC1CCC(F)(F)CC1. The Bertz CT molecular complexity index is 901. The molecule has 2 aromatic carbocycles. The predicted molar refractivity (Wildman–Crippen MR) is 97.9 cm³/mol. The zero-order valence-electron chi connectivity index (χ0n) is 14.8. The van der Waals surface area contributed by atoms with Gasteiger partial charge in [-0.05, 0) is 61.1 Å². The Morgan fingerprint density at radius 3 is 2.48 bits per heavy atom. The Hall–Kier alpha value is -2.74. The second kappa shape index (κ2) is 7.87. The van der Waals surface area contributed by atoms with Crippen molar-refractivity contribution in [2.45, 2.75) is 38.0 Å². The number of primary amides is 1. The Morgan fingerprint density at radius 1 is 1.11 bits per heavy atom. The fourth-order valence-corrected chi connectivity index (χ4v) is 3.40. The van der Waals surface area contributed by atoms with Crippen molar-refractivity contribution in [3.63, 3.8) is 0 Å². The number of hydrogen-bond acceptors (Lipinski definition) is 1. The molecule has 0 atom stereocenters. The van der Waals surface area contributed by atoms with Gasteiger partial charge in [-0.1, -0.05) is 24.0 Å². The van der Waals surface area contributed by atoms with Crippen molar-refractivity contribution in [3.8, 4) is 11.8 Å². The molecule has 0 aromatic heterocycles. The van der Waals surface area contributed by atoms with Crippen LogP contribution in [-0.2, 0) is 6.42 Å². The van der Waals surface area contributed by atoms with Gasteiger partial charge < -0.3 is 5.73 Å². The number of benzene rings is 2. The number of nitrogens with two attached hydrogens (primary N) is 1. The lowest BCUT2D eigenvalue weighted by Gasteiger charge is -2.28. The maximum absolute atomic E-state index is 13.7. The second-order valence-electron chi connectivity index (χ2n) is 6.97. The Morgan fingerprint density at radius 2 is 1.81 bits per heavy atom. The van der Waals surface area contributed by atoms with Crippen molar-refractivity contribution >= 4 is 5.91 Å². The number of halogens is 3. The lowest BCUT2D eigenvalue weighted by molar-refractivity contribution is -0.0456. The van der Waals surface area contributed by atoms with Crippen LogP contribution in [0.15, 0.2) is 42.5 Å². The highest BCUT2D eigenvalue weighted by molar-refractivity contribution is 5.94. The van der Waals surface area contributed by atoms with Crippen LogP contribution in [0, 0.1) is 23.6 Å². The topological polar surface area (TPSA) is 43.1 Å². The molecule has 1 amide bonds. The highest BCUT2D eigenvalue weighted by Gasteiger charge is 2.35. The standard InChI is InChI=1S/C22H20F3NO/c23-20-4-2-1-3-17(20)7-5-15-6-8-19(21(26)27)18(13-15)14-16-9-11-22(24,25)12-10-16/h1-4,6,8,13,16H,9-12,14H2,(H2,26,27). The zero-order chi connectivity index (χ0) is 19.4. The van der Waals surface area contributed by atoms with Gasteiger partial charge in [-0.2, -0.15) is 0 Å². The number of amides is 1. The summed E-state index contributed by atoms with van der Waals surface area (Å²) < 4.78 is 40.4. The molecule has 0 bridgehead atoms. The summed E-state index contributed by atoms with van der Waals surface area (Å²) in [6, 6.07) is 11.2. The highest BCUT2D eigenvalue weighted by atomic mass is 19.3. The molecule has 0 aliphatic heterocycles. The van der Waals surface area contributed by atoms with Crippen LogP contribution < -0.4 is 5.73 Å². The van der Waals surface area contributed by atoms with Crippen LogP contribution in [0.1, 0.15) is 52.7 Å². The van der Waals surface area contributed by atoms with E-state index >= 15 is 0 Å². The summed E-state index contributed by atoms with van der Waals surface area (Å²) in [7, 11) is 0. The van der Waals surface area contributed by atoms with E-state index in [1.807, 2.05) is 0 Å². The summed E-state index contributed by atoms with van der Waals surface area (Å²) in [4.78, 5) is 11.7. The number of alkyl halides is 2. The van der Waals surface area contributed by atoms with Crippen LogP contribution in [0.3, 0.4) is 0 Å². The Balaban J connectivity index is 1.83. The molecule has 1 fully saturated rings. The van der Waals surface area contributed by atoms with Crippen molar-refractivity contribution < 1.29 is 18.0 Å². The summed E-state index contributed by atoms with van der Waals surface area (Å²) in [6.45, 7) is 0. The molecule has 0 saturated heterocycles. The molecule has 2 aromatic rings. The summed E-state index contributed by atoms with van der Waals surface area (Å²) in [6.07, 6.45) is 1.07. The zero-order valence-corrected chi connectivity index (χ0v) is 14.8. The van der Waals surface area contributed by atoms with E-state index in [1.54, 1.807) is 36.4 Å². The van der Waals surface area contributed by atoms with E-state index in [1.165, 1.54) is 6.07 Å². The Labute approximate surface area is 156 Å². The van der Waals surface area contributed by atoms with E-state index in [0.717, 1.165) is 0 Å². The first-order chi connectivity index (χ1) is 12.8. The minimum Gasteiger partial charge on any atom is -0.366 e. The van der Waals surface area contributed by atoms with Gasteiger partial charge in [-0.15, -0.1) is 0 Å². The molecule has 1 saturated carbocycles. The molecule has 3 rings (SSSR count). The third-order valence-corrected chi connectivity index (χ3v) is 4.93. The molecule has 2 N–H and O–H groups in total. The van der Waals surface area contributed by atoms with Crippen LogP contribution in [-0.4, -0.2) is 11.8 Å². The van der Waals surface area contributed by atoms with Crippen molar-refractivity contribution in [3.05, 3.63) is 70.5 Å². The summed E-state index contributed by atoms with van der Waals surface area (Å²) in [5.74, 6) is 2.21. The molecule has 2 nitrogen and oxygen atoms in total. The van der Waals surface area contributed by atoms with Gasteiger partial charge in [0.1, 0.15) is 5.82 Å². The molecule has 0 spiro atoms. The summed E-state index contributed by atoms with van der Waals surface area (Å²) in [5, 5.41) is 0. The van der Waals surface area contributed by atoms with Crippen molar-refractivity contribution in [1.29, 1.82) is 0 Å². The van der Waals surface area contributed by atoms with E-state index in [4.69, 9.17) is 5.73 Å². The molecule has 0 heterocycles. The van der Waals surface area contributed by atoms with Gasteiger partial charge in [0.15, 0.2) is 0 Å². The maximum Gasteiger partial charge on any atom is 0.248 e. The van der Waals surface area contributed by atoms with E-state index in [2.05, 4.69) is 11.8 Å². The first-order valence-electron chi connectivity index (χ1n) is 8.91. The minimum absolute atomic E-state index is 0.0810. The first-order valence-corrected chi connectivity index (χ1v) is 8.91. The van der Waals surface area contributed by atoms with E-state index in [9.17, 15) is 18.0 Å². The maximum atomic E-state index is 13.7. The summed E-state index contributed by atoms with van der Waals surface area (Å²) >= 11 is 0. The third-order valence-electron chi connectivity index (χ3n) is 4.93. The Kier molecular flexibility index (Phi) is 5.55. The van der Waals surface area contributed by atoms with Gasteiger partial charge in [0.05, 0.1) is 5.56 Å². The second-order valence-corrected chi connectivity index (χ2v) is 6.97. The molecular formula is C22H20F3NO. The smallest absolute Gasteiger partial charge is 0.248 e. The van der Waals surface area contributed by atoms with E-state index in [0.29, 0.717) is 36.0 Å². The molecular weight excluding hydrogens is 351 g/mol. The van der Waals surface area contributed by atoms with E-state index in [-0.39, 0.29) is 24.3 Å². The van der Waals surface area contributed by atoms with Crippen molar-refractivity contribution in [1.82, 2.24) is 0 Å². The molecule has 5 heteroatoms. The van der Waals surface area contributed by atoms with Crippen LogP contribution >= 0.6 is 0 Å². The first kappa shape index (κ1) is 19.0. The number of carbonyl (C=O) groups excluding carboxylic acids is 1. The number of carbonyl (C=O) groups is 1. The third kappa shape index (κ3) is 4.91. The lowest BCUT2D eigenvalue weighted by atomic mass is 9.82. The molecule has 1 aliphatic carbocycles. The van der Waals surface area contributed by atoms with Crippen molar-refractivity contribution in [2.75, 3.05) is 0 Å². The largest absolute Gasteiger partial charge is 0.366 e. The van der Waals surface area contributed by atoms with Gasteiger partial charge in [0, 0.05) is 24.0 Å². The fourth-order valence-electron chi connectivity index (χ4n) is 3.40. The monoisotopic (exact) mass is 371 g/mol. The van der Waals surface area contributed by atoms with Gasteiger partial charge in [-0.3, -0.25) is 4.79 Å². The average Bonchev–Trinajstić information content (AvgIpc) is 2.63. The predicted octanol–water partition coefficient (Wildman–Crippen LogP) is 4.69. The number of hydrogen-bond donors (Lipinski definition) is 1. The molecule has 0 unspecified atom stereocenters. The van der Waals surface area contributed by atoms with Crippen LogP contribution in [0.25, 0.3) is 0 Å². The fraction of sp³-hybridized carbons (Fsp3) is 0.318. The van der Waals surface area contributed by atoms with E-state index < -0.39 is 17.6 Å². The minimum atomic E-state index is -2.59. The lowest BCUT2D eigenvalue weighted by Crippen LogP contribution is -2.26. The van der Waals surface area contributed by atoms with Crippen LogP contribution in [0.2, 0.25) is 0 Å². The van der Waals surface area contributed by atoms with Gasteiger partial charge in [0.2, 0.25) is 11.8 Å². The van der Waals surface area contributed by atoms with Crippen LogP contribution in [0.4, 0.5) is 13.2 Å². The molecule has 27 heavy (non-hydrogen) atoms. The highest BCUT2D eigenvalue weighted by Crippen LogP contribution is 2.37. The summed E-state index contributed by atoms with van der Waals surface area (Å²) in [5.41, 5.74) is 7.45. The normalized spacial score (nSPS) is 16.4. The average molecular weight is 371 g/mol. The van der Waals surface area contributed by atoms with Gasteiger partial charge >= 0.3 is 0 Å². The van der Waals surface area contributed by atoms with Gasteiger partial charge in [-0.25, -0.2) is 13.2 Å². The molecule has 1 aliphatic rings.